The number of allylic oxidation sites excluding steroid dienone is 24. The minimum absolute atomic E-state index is 0.128. The van der Waals surface area contributed by atoms with Crippen molar-refractivity contribution in [3.63, 3.8) is 0 Å². The van der Waals surface area contributed by atoms with Crippen LogP contribution < -0.4 is 0 Å². The van der Waals surface area contributed by atoms with Crippen molar-refractivity contribution >= 4 is 17.9 Å². The van der Waals surface area contributed by atoms with Gasteiger partial charge in [-0.15, -0.1) is 0 Å². The molecule has 0 aromatic carbocycles. The fraction of sp³-hybridized carbons (Fsp3) is 0.534. The molecule has 0 radical (unpaired) electrons. The van der Waals surface area contributed by atoms with Gasteiger partial charge in [-0.05, 0) is 103 Å². The van der Waals surface area contributed by atoms with Crippen molar-refractivity contribution < 1.29 is 28.6 Å². The lowest BCUT2D eigenvalue weighted by Gasteiger charge is -2.18. The summed E-state index contributed by atoms with van der Waals surface area (Å²) in [5.41, 5.74) is 0. The molecule has 0 aliphatic carbocycles. The molecule has 0 bridgehead atoms. The minimum atomic E-state index is -0.831. The fourth-order valence-corrected chi connectivity index (χ4v) is 6.06. The van der Waals surface area contributed by atoms with Crippen molar-refractivity contribution in [2.45, 2.75) is 187 Å². The zero-order valence-electron chi connectivity index (χ0n) is 40.5. The fourth-order valence-electron chi connectivity index (χ4n) is 6.06. The largest absolute Gasteiger partial charge is 0.462 e. The molecule has 0 spiro atoms. The van der Waals surface area contributed by atoms with Crippen LogP contribution in [0.1, 0.15) is 181 Å². The maximum atomic E-state index is 12.8. The Bertz CT molecular complexity index is 1480. The van der Waals surface area contributed by atoms with E-state index >= 15 is 0 Å². The van der Waals surface area contributed by atoms with Crippen LogP contribution in [0.25, 0.3) is 0 Å². The van der Waals surface area contributed by atoms with E-state index in [9.17, 15) is 14.4 Å². The Morgan fingerprint density at radius 1 is 0.328 bits per heavy atom. The van der Waals surface area contributed by atoms with Crippen LogP contribution in [0, 0.1) is 0 Å². The zero-order valence-corrected chi connectivity index (χ0v) is 40.5. The molecular weight excluding hydrogens is 793 g/mol. The van der Waals surface area contributed by atoms with Crippen LogP contribution in [0.15, 0.2) is 146 Å². The third-order valence-corrected chi connectivity index (χ3v) is 9.70. The van der Waals surface area contributed by atoms with Gasteiger partial charge in [-0.2, -0.15) is 0 Å². The number of hydrogen-bond acceptors (Lipinski definition) is 6. The van der Waals surface area contributed by atoms with Crippen molar-refractivity contribution in [2.75, 3.05) is 13.2 Å². The molecule has 6 nitrogen and oxygen atoms in total. The van der Waals surface area contributed by atoms with Gasteiger partial charge in [-0.3, -0.25) is 14.4 Å². The molecule has 0 aromatic heterocycles. The van der Waals surface area contributed by atoms with Gasteiger partial charge < -0.3 is 14.2 Å². The normalized spacial score (nSPS) is 13.4. The van der Waals surface area contributed by atoms with Gasteiger partial charge in [0.15, 0.2) is 6.10 Å². The second-order valence-corrected chi connectivity index (χ2v) is 15.7. The molecule has 1 unspecified atom stereocenters. The summed E-state index contributed by atoms with van der Waals surface area (Å²) >= 11 is 0. The van der Waals surface area contributed by atoms with E-state index in [0.717, 1.165) is 116 Å². The van der Waals surface area contributed by atoms with Gasteiger partial charge in [0.2, 0.25) is 0 Å². The number of hydrogen-bond donors (Lipinski definition) is 0. The summed E-state index contributed by atoms with van der Waals surface area (Å²) in [6.45, 7) is 6.14. The average Bonchev–Trinajstić information content (AvgIpc) is 3.29. The molecule has 0 aliphatic heterocycles. The molecule has 64 heavy (non-hydrogen) atoms. The molecule has 0 amide bonds. The van der Waals surface area contributed by atoms with Crippen LogP contribution in [0.2, 0.25) is 0 Å². The number of ether oxygens (including phenoxy) is 3. The SMILES string of the molecule is CC/C=C/C=C/C=C/C=C/C=C/CCCC(=O)OCC(COC(=O)CCCCC/C=C/C/C=C/C/C=C/C/C=C/C/C=C/CC)OC(=O)CCCCCCCCC/C=C/C/C=C/CC. The van der Waals surface area contributed by atoms with Gasteiger partial charge in [0.25, 0.3) is 0 Å². The van der Waals surface area contributed by atoms with Crippen LogP contribution in [-0.4, -0.2) is 37.2 Å². The summed E-state index contributed by atoms with van der Waals surface area (Å²) in [4.78, 5) is 37.9. The van der Waals surface area contributed by atoms with E-state index in [0.29, 0.717) is 12.8 Å². The Labute approximate surface area is 391 Å². The van der Waals surface area contributed by atoms with Crippen LogP contribution in [0.4, 0.5) is 0 Å². The van der Waals surface area contributed by atoms with E-state index in [1.807, 2.05) is 54.7 Å². The van der Waals surface area contributed by atoms with Crippen molar-refractivity contribution in [1.29, 1.82) is 0 Å². The quantitative estimate of drug-likeness (QED) is 0.0200. The smallest absolute Gasteiger partial charge is 0.306 e. The zero-order chi connectivity index (χ0) is 46.5. The number of esters is 3. The molecule has 0 fully saturated rings. The molecule has 1 atom stereocenters. The highest BCUT2D eigenvalue weighted by Gasteiger charge is 2.19. The third-order valence-electron chi connectivity index (χ3n) is 9.70. The molecule has 0 aliphatic rings. The first-order chi connectivity index (χ1) is 31.5. The maximum Gasteiger partial charge on any atom is 0.306 e. The van der Waals surface area contributed by atoms with E-state index in [1.165, 1.54) is 19.3 Å². The predicted molar refractivity (Wildman–Crippen MR) is 274 cm³/mol. The Hall–Kier alpha value is -4.71. The van der Waals surface area contributed by atoms with Crippen LogP contribution >= 0.6 is 0 Å². The minimum Gasteiger partial charge on any atom is -0.462 e. The van der Waals surface area contributed by atoms with Crippen molar-refractivity contribution in [3.8, 4) is 0 Å². The number of carbonyl (C=O) groups is 3. The van der Waals surface area contributed by atoms with E-state index < -0.39 is 6.10 Å². The highest BCUT2D eigenvalue weighted by atomic mass is 16.6. The van der Waals surface area contributed by atoms with Crippen LogP contribution in [-0.2, 0) is 28.6 Å². The molecule has 356 valence electrons. The molecule has 0 heterocycles. The highest BCUT2D eigenvalue weighted by molar-refractivity contribution is 5.71. The van der Waals surface area contributed by atoms with E-state index in [1.54, 1.807) is 0 Å². The summed E-state index contributed by atoms with van der Waals surface area (Å²) in [6.07, 6.45) is 72.7. The highest BCUT2D eigenvalue weighted by Crippen LogP contribution is 2.12. The topological polar surface area (TPSA) is 78.9 Å². The molecule has 0 saturated heterocycles. The molecule has 0 saturated carbocycles. The summed E-state index contributed by atoms with van der Waals surface area (Å²) in [6, 6.07) is 0. The van der Waals surface area contributed by atoms with E-state index in [4.69, 9.17) is 14.2 Å². The first-order valence-electron chi connectivity index (χ1n) is 24.9. The van der Waals surface area contributed by atoms with Gasteiger partial charge >= 0.3 is 17.9 Å². The number of rotatable bonds is 42. The lowest BCUT2D eigenvalue weighted by atomic mass is 10.1. The first-order valence-corrected chi connectivity index (χ1v) is 24.9. The Balaban J connectivity index is 4.57. The van der Waals surface area contributed by atoms with Crippen molar-refractivity contribution in [2.24, 2.45) is 0 Å². The summed E-state index contributed by atoms with van der Waals surface area (Å²) in [5.74, 6) is -1.06. The number of carbonyl (C=O) groups excluding carboxylic acids is 3. The number of unbranched alkanes of at least 4 members (excludes halogenated alkanes) is 11. The Kier molecular flexibility index (Phi) is 47.2. The van der Waals surface area contributed by atoms with Gasteiger partial charge in [-0.1, -0.05) is 205 Å². The van der Waals surface area contributed by atoms with Crippen LogP contribution in [0.3, 0.4) is 0 Å². The van der Waals surface area contributed by atoms with E-state index in [-0.39, 0.29) is 44.0 Å². The van der Waals surface area contributed by atoms with Gasteiger partial charge in [0, 0.05) is 19.3 Å². The van der Waals surface area contributed by atoms with Gasteiger partial charge in [0.1, 0.15) is 13.2 Å². The monoisotopic (exact) mass is 881 g/mol. The molecule has 0 aromatic rings. The van der Waals surface area contributed by atoms with Gasteiger partial charge in [0.05, 0.1) is 0 Å². The standard InChI is InChI=1S/C58H88O6/c1-4-7-10-13-16-19-22-25-27-28-29-30-31-34-36-39-42-45-48-51-57(60)63-54-55(53-62-56(59)50-47-44-41-38-35-32-24-21-18-15-12-9-6-3)64-58(61)52-49-46-43-40-37-33-26-23-20-17-14-11-8-5-2/h7-12,15-21,24-25,27,29-30,32,34-36,38,41,55H,4-6,13-14,22-23,26,28,31,33,37,39-40,42-54H2,1-3H3/b10-7+,11-8+,12-9+,18-15+,19-16+,20-17+,24-21+,27-25+,30-29+,35-32+,36-34+,41-38+. The summed E-state index contributed by atoms with van der Waals surface area (Å²) < 4.78 is 16.7. The van der Waals surface area contributed by atoms with Crippen molar-refractivity contribution in [3.05, 3.63) is 146 Å². The second-order valence-electron chi connectivity index (χ2n) is 15.7. The lowest BCUT2D eigenvalue weighted by molar-refractivity contribution is -0.167. The molecule has 0 rings (SSSR count). The summed E-state index contributed by atoms with van der Waals surface area (Å²) in [7, 11) is 0. The van der Waals surface area contributed by atoms with Crippen LogP contribution in [0.5, 0.6) is 0 Å². The Morgan fingerprint density at radius 3 is 1.12 bits per heavy atom. The van der Waals surface area contributed by atoms with E-state index in [2.05, 4.69) is 112 Å². The third kappa shape index (κ3) is 48.3. The Morgan fingerprint density at radius 2 is 0.656 bits per heavy atom. The first kappa shape index (κ1) is 59.3. The molecule has 0 N–H and O–H groups in total. The molecular formula is C58H88O6. The van der Waals surface area contributed by atoms with Crippen molar-refractivity contribution in [1.82, 2.24) is 0 Å². The molecule has 6 heteroatoms. The predicted octanol–water partition coefficient (Wildman–Crippen LogP) is 16.5. The average molecular weight is 881 g/mol. The van der Waals surface area contributed by atoms with Gasteiger partial charge in [-0.25, -0.2) is 0 Å². The maximum absolute atomic E-state index is 12.8. The second kappa shape index (κ2) is 50.9. The summed E-state index contributed by atoms with van der Waals surface area (Å²) in [5, 5.41) is 0. The lowest BCUT2D eigenvalue weighted by Crippen LogP contribution is -2.30.